The number of nitrogens with one attached hydrogen (secondary N) is 4. The molecule has 0 saturated carbocycles. The quantitative estimate of drug-likeness (QED) is 0.254. The largest absolute Gasteiger partial charge is 0.387 e. The Labute approximate surface area is 177 Å². The minimum atomic E-state index is -1.30. The lowest BCUT2D eigenvalue weighted by Crippen LogP contribution is -2.56. The number of carbonyl (C=O) groups is 1. The van der Waals surface area contributed by atoms with Crippen LogP contribution in [0.15, 0.2) is 35.4 Å². The van der Waals surface area contributed by atoms with Gasteiger partial charge in [0.05, 0.1) is 12.1 Å². The van der Waals surface area contributed by atoms with Gasteiger partial charge in [-0.3, -0.25) is 15.1 Å². The van der Waals surface area contributed by atoms with E-state index in [0.717, 1.165) is 12.0 Å². The van der Waals surface area contributed by atoms with E-state index in [0.29, 0.717) is 12.3 Å². The van der Waals surface area contributed by atoms with Crippen molar-refractivity contribution < 1.29 is 15.0 Å². The maximum Gasteiger partial charge on any atom is 0.234 e. The predicted molar refractivity (Wildman–Crippen MR) is 116 cm³/mol. The Morgan fingerprint density at radius 2 is 1.93 bits per heavy atom. The molecule has 0 bridgehead atoms. The van der Waals surface area contributed by atoms with E-state index < -0.39 is 24.4 Å². The van der Waals surface area contributed by atoms with Crippen molar-refractivity contribution in [3.05, 3.63) is 35.9 Å². The Morgan fingerprint density at radius 3 is 2.53 bits per heavy atom. The van der Waals surface area contributed by atoms with E-state index in [2.05, 4.69) is 26.8 Å². The molecule has 1 aromatic carbocycles. The van der Waals surface area contributed by atoms with E-state index >= 15 is 0 Å². The zero-order valence-corrected chi connectivity index (χ0v) is 18.1. The van der Waals surface area contributed by atoms with Gasteiger partial charge in [0.1, 0.15) is 18.4 Å². The summed E-state index contributed by atoms with van der Waals surface area (Å²) in [7, 11) is 0. The van der Waals surface area contributed by atoms with Gasteiger partial charge in [-0.2, -0.15) is 0 Å². The molecule has 0 aromatic heterocycles. The number of aliphatic hydroxyl groups is 2. The molecule has 4 unspecified atom stereocenters. The van der Waals surface area contributed by atoms with Crippen molar-refractivity contribution in [3.63, 3.8) is 0 Å². The summed E-state index contributed by atoms with van der Waals surface area (Å²) >= 11 is 0. The van der Waals surface area contributed by atoms with Gasteiger partial charge >= 0.3 is 0 Å². The van der Waals surface area contributed by atoms with Gasteiger partial charge in [-0.15, -0.1) is 10.6 Å². The van der Waals surface area contributed by atoms with E-state index in [1.807, 2.05) is 63.0 Å². The van der Waals surface area contributed by atoms with Crippen LogP contribution in [0, 0.1) is 0 Å². The molecule has 10 nitrogen and oxygen atoms in total. The molecule has 0 spiro atoms. The van der Waals surface area contributed by atoms with Gasteiger partial charge in [-0.1, -0.05) is 43.7 Å². The molecule has 10 heteroatoms. The van der Waals surface area contributed by atoms with Crippen LogP contribution in [-0.4, -0.2) is 57.4 Å². The van der Waals surface area contributed by atoms with Crippen molar-refractivity contribution in [2.45, 2.75) is 70.5 Å². The van der Waals surface area contributed by atoms with Crippen LogP contribution < -0.4 is 27.4 Å². The fourth-order valence-electron chi connectivity index (χ4n) is 3.16. The Hall–Kier alpha value is -2.24. The van der Waals surface area contributed by atoms with Gasteiger partial charge in [0.15, 0.2) is 5.84 Å². The van der Waals surface area contributed by atoms with Gasteiger partial charge in [0.2, 0.25) is 5.91 Å². The maximum atomic E-state index is 12.7. The Bertz CT molecular complexity index is 708. The number of hydrogen-bond donors (Lipinski definition) is 7. The molecule has 0 radical (unpaired) electrons. The maximum absolute atomic E-state index is 12.7. The Balaban J connectivity index is 2.07. The number of carbonyl (C=O) groups excluding carboxylic acids is 1. The number of rotatable bonds is 10. The van der Waals surface area contributed by atoms with E-state index in [4.69, 9.17) is 5.73 Å². The van der Waals surface area contributed by atoms with Crippen LogP contribution in [0.2, 0.25) is 0 Å². The third-order valence-electron chi connectivity index (χ3n) is 4.78. The van der Waals surface area contributed by atoms with Crippen LogP contribution >= 0.6 is 0 Å². The summed E-state index contributed by atoms with van der Waals surface area (Å²) in [6.07, 6.45) is -1.10. The van der Waals surface area contributed by atoms with Crippen LogP contribution in [0.4, 0.5) is 0 Å². The highest BCUT2D eigenvalue weighted by Crippen LogP contribution is 2.23. The topological polar surface area (TPSA) is 147 Å². The summed E-state index contributed by atoms with van der Waals surface area (Å²) in [5, 5.41) is 31.9. The molecule has 1 aliphatic rings. The average molecular weight is 422 g/mol. The van der Waals surface area contributed by atoms with E-state index in [1.165, 1.54) is 0 Å². The molecule has 8 N–H and O–H groups in total. The molecule has 4 atom stereocenters. The molecular weight excluding hydrogens is 386 g/mol. The summed E-state index contributed by atoms with van der Waals surface area (Å²) in [5.74, 6) is 0.246. The zero-order chi connectivity index (χ0) is 22.3. The van der Waals surface area contributed by atoms with Gasteiger partial charge in [0, 0.05) is 6.04 Å². The molecule has 0 aliphatic carbocycles. The Morgan fingerprint density at radius 1 is 1.27 bits per heavy atom. The first kappa shape index (κ1) is 24.0. The summed E-state index contributed by atoms with van der Waals surface area (Å²) in [4.78, 5) is 12.7. The minimum Gasteiger partial charge on any atom is -0.387 e. The lowest BCUT2D eigenvalue weighted by Gasteiger charge is -2.35. The molecular formula is C20H35N7O3. The Kier molecular flexibility index (Phi) is 8.56. The van der Waals surface area contributed by atoms with Gasteiger partial charge in [-0.05, 0) is 32.8 Å². The second kappa shape index (κ2) is 10.7. The number of amidine groups is 1. The molecule has 1 aliphatic heterocycles. The second-order valence-electron chi connectivity index (χ2n) is 8.38. The van der Waals surface area contributed by atoms with Crippen molar-refractivity contribution in [1.29, 1.82) is 0 Å². The van der Waals surface area contributed by atoms with Gasteiger partial charge < -0.3 is 21.3 Å². The molecule has 1 aromatic rings. The number of nitrogens with two attached hydrogens (primary N) is 1. The predicted octanol–water partition coefficient (Wildman–Crippen LogP) is -0.323. The lowest BCUT2D eigenvalue weighted by atomic mass is 10.0. The van der Waals surface area contributed by atoms with E-state index in [-0.39, 0.29) is 18.0 Å². The highest BCUT2D eigenvalue weighted by atomic mass is 16.3. The molecule has 1 heterocycles. The number of benzene rings is 1. The summed E-state index contributed by atoms with van der Waals surface area (Å²) in [6, 6.07) is 8.40. The number of hydrazone groups is 1. The van der Waals surface area contributed by atoms with Crippen molar-refractivity contribution in [2.75, 3.05) is 6.54 Å². The highest BCUT2D eigenvalue weighted by molar-refractivity contribution is 5.93. The van der Waals surface area contributed by atoms with Crippen LogP contribution in [0.5, 0.6) is 0 Å². The number of amides is 1. The summed E-state index contributed by atoms with van der Waals surface area (Å²) < 4.78 is 0. The normalized spacial score (nSPS) is 18.2. The molecule has 168 valence electrons. The number of hydrazine groups is 2. The first-order valence-corrected chi connectivity index (χ1v) is 10.2. The van der Waals surface area contributed by atoms with Gasteiger partial charge in [0.25, 0.3) is 0 Å². The summed E-state index contributed by atoms with van der Waals surface area (Å²) in [6.45, 7) is 7.81. The zero-order valence-electron chi connectivity index (χ0n) is 18.1. The molecule has 0 saturated heterocycles. The SMILES string of the molecule is CCCC(N)C(O)C(O)NCC(=O)NC(C1=NNNN1C(C)(C)C)c1ccccc1. The highest BCUT2D eigenvalue weighted by Gasteiger charge is 2.35. The minimum absolute atomic E-state index is 0.190. The molecule has 30 heavy (non-hydrogen) atoms. The average Bonchev–Trinajstić information content (AvgIpc) is 3.20. The molecule has 0 fully saturated rings. The van der Waals surface area contributed by atoms with Crippen molar-refractivity contribution in [3.8, 4) is 0 Å². The van der Waals surface area contributed by atoms with Crippen molar-refractivity contribution >= 4 is 11.7 Å². The van der Waals surface area contributed by atoms with E-state index in [1.54, 1.807) is 0 Å². The molecule has 1 amide bonds. The first-order chi connectivity index (χ1) is 14.1. The van der Waals surface area contributed by atoms with Crippen LogP contribution in [0.1, 0.15) is 52.1 Å². The van der Waals surface area contributed by atoms with E-state index in [9.17, 15) is 15.0 Å². The summed E-state index contributed by atoms with van der Waals surface area (Å²) in [5.41, 5.74) is 12.1. The number of hydrogen-bond acceptors (Lipinski definition) is 9. The smallest absolute Gasteiger partial charge is 0.234 e. The number of aliphatic hydroxyl groups excluding tert-OH is 2. The van der Waals surface area contributed by atoms with Gasteiger partial charge in [-0.25, -0.2) is 5.53 Å². The lowest BCUT2D eigenvalue weighted by molar-refractivity contribution is -0.122. The van der Waals surface area contributed by atoms with Crippen LogP contribution in [0.3, 0.4) is 0 Å². The van der Waals surface area contributed by atoms with Crippen molar-refractivity contribution in [2.24, 2.45) is 10.8 Å². The monoisotopic (exact) mass is 421 g/mol. The van der Waals surface area contributed by atoms with Crippen LogP contribution in [0.25, 0.3) is 0 Å². The number of nitrogens with zero attached hydrogens (tertiary/aromatic N) is 2. The second-order valence-corrected chi connectivity index (χ2v) is 8.38. The molecule has 2 rings (SSSR count). The van der Waals surface area contributed by atoms with Crippen molar-refractivity contribution in [1.82, 2.24) is 26.7 Å². The third-order valence-corrected chi connectivity index (χ3v) is 4.78. The van der Waals surface area contributed by atoms with Crippen LogP contribution in [-0.2, 0) is 4.79 Å². The fraction of sp³-hybridized carbons (Fsp3) is 0.600. The first-order valence-electron chi connectivity index (χ1n) is 10.2. The third kappa shape index (κ3) is 6.38. The standard InChI is InChI=1S/C20H35N7O3/c1-5-9-14(21)17(29)19(30)22-12-15(28)23-16(13-10-7-6-8-11-13)18-24-25-26-27(18)20(2,3)4/h6-8,10-11,14,16-17,19,22,25-26,29-30H,5,9,12,21H2,1-4H3,(H,23,28). The fourth-order valence-corrected chi connectivity index (χ4v) is 3.16.